The molecule has 0 aliphatic heterocycles. The summed E-state index contributed by atoms with van der Waals surface area (Å²) in [5.41, 5.74) is 0. The Labute approximate surface area is 63.3 Å². The van der Waals surface area contributed by atoms with Crippen LogP contribution in [0.3, 0.4) is 0 Å². The fraction of sp³-hybridized carbons (Fsp3) is 1.00. The number of alkyl halides is 3. The van der Waals surface area contributed by atoms with Gasteiger partial charge in [0.2, 0.25) is 0 Å². The van der Waals surface area contributed by atoms with E-state index in [1.54, 1.807) is 6.92 Å². The first kappa shape index (κ1) is 12.0. The molecule has 0 rings (SSSR count). The summed E-state index contributed by atoms with van der Waals surface area (Å²) in [5.74, 6) is 0. The van der Waals surface area contributed by atoms with Gasteiger partial charge in [-0.05, 0) is 6.42 Å². The number of hydrogen-bond donors (Lipinski definition) is 0. The molecular formula is C5H9CuF3+2. The van der Waals surface area contributed by atoms with Gasteiger partial charge in [0.1, 0.15) is 0 Å². The Morgan fingerprint density at radius 2 is 1.67 bits per heavy atom. The van der Waals surface area contributed by atoms with E-state index in [0.717, 1.165) is 0 Å². The van der Waals surface area contributed by atoms with Gasteiger partial charge in [-0.15, -0.1) is 0 Å². The van der Waals surface area contributed by atoms with E-state index in [2.05, 4.69) is 0 Å². The van der Waals surface area contributed by atoms with Crippen molar-refractivity contribution in [2.75, 3.05) is 0 Å². The first-order valence-corrected chi connectivity index (χ1v) is 2.63. The molecule has 0 amide bonds. The first-order chi connectivity index (χ1) is 3.56. The second-order valence-corrected chi connectivity index (χ2v) is 1.72. The van der Waals surface area contributed by atoms with Gasteiger partial charge in [0, 0.05) is 6.42 Å². The van der Waals surface area contributed by atoms with Crippen molar-refractivity contribution in [3.8, 4) is 0 Å². The summed E-state index contributed by atoms with van der Waals surface area (Å²) in [6.45, 7) is 1.74. The molecule has 0 fully saturated rings. The number of rotatable bonds is 2. The largest absolute Gasteiger partial charge is 2.00 e. The number of halogens is 3. The summed E-state index contributed by atoms with van der Waals surface area (Å²) in [6, 6.07) is 0. The van der Waals surface area contributed by atoms with Crippen molar-refractivity contribution in [3.05, 3.63) is 0 Å². The molecule has 0 bridgehead atoms. The molecule has 0 aromatic rings. The van der Waals surface area contributed by atoms with Gasteiger partial charge < -0.3 is 0 Å². The summed E-state index contributed by atoms with van der Waals surface area (Å²) < 4.78 is 33.7. The van der Waals surface area contributed by atoms with Gasteiger partial charge in [-0.3, -0.25) is 0 Å². The van der Waals surface area contributed by atoms with Gasteiger partial charge >= 0.3 is 23.2 Å². The normalized spacial score (nSPS) is 10.7. The third-order valence-corrected chi connectivity index (χ3v) is 0.814. The topological polar surface area (TPSA) is 0 Å². The molecule has 0 N–H and O–H groups in total. The molecule has 0 aromatic heterocycles. The minimum Gasteiger partial charge on any atom is -0.171 e. The van der Waals surface area contributed by atoms with E-state index in [1.165, 1.54) is 0 Å². The van der Waals surface area contributed by atoms with E-state index in [1.807, 2.05) is 0 Å². The quantitative estimate of drug-likeness (QED) is 0.586. The van der Waals surface area contributed by atoms with Crippen LogP contribution in [-0.2, 0) is 17.1 Å². The molecule has 59 valence electrons. The fourth-order valence-corrected chi connectivity index (χ4v) is 0.377. The summed E-state index contributed by atoms with van der Waals surface area (Å²) in [7, 11) is 0. The van der Waals surface area contributed by atoms with E-state index >= 15 is 0 Å². The van der Waals surface area contributed by atoms with E-state index < -0.39 is 12.6 Å². The van der Waals surface area contributed by atoms with Crippen LogP contribution in [0, 0.1) is 0 Å². The minimum atomic E-state index is -3.95. The first-order valence-electron chi connectivity index (χ1n) is 2.63. The molecule has 0 aliphatic carbocycles. The predicted molar refractivity (Wildman–Crippen MR) is 25.6 cm³/mol. The molecule has 0 spiro atoms. The maximum atomic E-state index is 11.2. The van der Waals surface area contributed by atoms with E-state index in [0.29, 0.717) is 6.42 Å². The Morgan fingerprint density at radius 1 is 1.22 bits per heavy atom. The van der Waals surface area contributed by atoms with Crippen LogP contribution in [-0.4, -0.2) is 6.18 Å². The summed E-state index contributed by atoms with van der Waals surface area (Å²) in [5, 5.41) is 0. The third kappa shape index (κ3) is 11.7. The standard InChI is InChI=1S/C5H9F3.Cu/c1-2-3-4-5(6,7)8;/h2-4H2,1H3;/q;+2. The Morgan fingerprint density at radius 3 is 1.78 bits per heavy atom. The van der Waals surface area contributed by atoms with Crippen LogP contribution >= 0.6 is 0 Å². The summed E-state index contributed by atoms with van der Waals surface area (Å²) in [6.07, 6.45) is -3.72. The zero-order valence-electron chi connectivity index (χ0n) is 5.06. The zero-order chi connectivity index (χ0) is 6.62. The van der Waals surface area contributed by atoms with Gasteiger partial charge in [0.05, 0.1) is 0 Å². The van der Waals surface area contributed by atoms with Crippen molar-refractivity contribution in [1.29, 1.82) is 0 Å². The van der Waals surface area contributed by atoms with Crippen LogP contribution < -0.4 is 0 Å². The van der Waals surface area contributed by atoms with E-state index in [-0.39, 0.29) is 23.5 Å². The monoisotopic (exact) mass is 189 g/mol. The van der Waals surface area contributed by atoms with Gasteiger partial charge in [0.15, 0.2) is 0 Å². The van der Waals surface area contributed by atoms with Crippen LogP contribution in [0.4, 0.5) is 13.2 Å². The molecule has 0 nitrogen and oxygen atoms in total. The minimum absolute atomic E-state index is 0. The Kier molecular flexibility index (Phi) is 6.85. The molecule has 1 radical (unpaired) electrons. The molecular weight excluding hydrogens is 181 g/mol. The molecule has 9 heavy (non-hydrogen) atoms. The molecule has 0 aromatic carbocycles. The average Bonchev–Trinajstić information content (AvgIpc) is 1.59. The van der Waals surface area contributed by atoms with Gasteiger partial charge in [-0.2, -0.15) is 13.2 Å². The summed E-state index contributed by atoms with van der Waals surface area (Å²) in [4.78, 5) is 0. The van der Waals surface area contributed by atoms with Crippen molar-refractivity contribution in [3.63, 3.8) is 0 Å². The van der Waals surface area contributed by atoms with Gasteiger partial charge in [-0.1, -0.05) is 13.3 Å². The van der Waals surface area contributed by atoms with Crippen molar-refractivity contribution >= 4 is 0 Å². The van der Waals surface area contributed by atoms with Crippen LogP contribution in [0.2, 0.25) is 0 Å². The van der Waals surface area contributed by atoms with Crippen molar-refractivity contribution in [2.24, 2.45) is 0 Å². The van der Waals surface area contributed by atoms with Crippen LogP contribution in [0.15, 0.2) is 0 Å². The fourth-order valence-electron chi connectivity index (χ4n) is 0.377. The predicted octanol–water partition coefficient (Wildman–Crippen LogP) is 2.74. The Bertz CT molecular complexity index is 59.7. The molecule has 0 aliphatic rings. The smallest absolute Gasteiger partial charge is 0.171 e. The van der Waals surface area contributed by atoms with Crippen molar-refractivity contribution in [2.45, 2.75) is 32.4 Å². The van der Waals surface area contributed by atoms with Crippen molar-refractivity contribution in [1.82, 2.24) is 0 Å². The molecule has 0 saturated carbocycles. The van der Waals surface area contributed by atoms with E-state index in [9.17, 15) is 13.2 Å². The SMILES string of the molecule is CCCCC(F)(F)F.[Cu+2]. The van der Waals surface area contributed by atoms with E-state index in [4.69, 9.17) is 0 Å². The van der Waals surface area contributed by atoms with Gasteiger partial charge in [-0.25, -0.2) is 0 Å². The molecule has 4 heteroatoms. The summed E-state index contributed by atoms with van der Waals surface area (Å²) >= 11 is 0. The number of unbranched alkanes of at least 4 members (excludes halogenated alkanes) is 1. The average molecular weight is 190 g/mol. The maximum absolute atomic E-state index is 11.2. The van der Waals surface area contributed by atoms with Crippen LogP contribution in [0.5, 0.6) is 0 Å². The zero-order valence-corrected chi connectivity index (χ0v) is 6.00. The van der Waals surface area contributed by atoms with Crippen LogP contribution in [0.25, 0.3) is 0 Å². The third-order valence-electron chi connectivity index (χ3n) is 0.814. The molecule has 0 atom stereocenters. The maximum Gasteiger partial charge on any atom is 2.00 e. The Hall–Kier alpha value is 0.309. The molecule has 0 unspecified atom stereocenters. The van der Waals surface area contributed by atoms with Crippen LogP contribution in [0.1, 0.15) is 26.2 Å². The van der Waals surface area contributed by atoms with Gasteiger partial charge in [0.25, 0.3) is 0 Å². The Balaban J connectivity index is 0. The second-order valence-electron chi connectivity index (χ2n) is 1.72. The molecule has 0 saturated heterocycles. The second kappa shape index (κ2) is 5.12. The molecule has 0 heterocycles. The van der Waals surface area contributed by atoms with Crippen molar-refractivity contribution < 1.29 is 30.2 Å². The number of hydrogen-bond acceptors (Lipinski definition) is 0.